The van der Waals surface area contributed by atoms with Gasteiger partial charge in [-0.25, -0.2) is 0 Å². The van der Waals surface area contributed by atoms with E-state index in [1.807, 2.05) is 12.1 Å². The summed E-state index contributed by atoms with van der Waals surface area (Å²) in [5.74, 6) is 0.719. The largest absolute Gasteiger partial charge is 0.393 e. The molecule has 1 atom stereocenters. The maximum atomic E-state index is 12.8. The van der Waals surface area contributed by atoms with Crippen LogP contribution in [0.15, 0.2) is 18.2 Å². The van der Waals surface area contributed by atoms with Crippen LogP contribution in [0.1, 0.15) is 60.6 Å². The van der Waals surface area contributed by atoms with Crippen molar-refractivity contribution in [2.45, 2.75) is 64.0 Å². The Morgan fingerprint density at radius 3 is 2.79 bits per heavy atom. The summed E-state index contributed by atoms with van der Waals surface area (Å²) >= 11 is 0. The van der Waals surface area contributed by atoms with E-state index >= 15 is 0 Å². The van der Waals surface area contributed by atoms with Crippen LogP contribution in [0, 0.1) is 5.92 Å². The Labute approximate surface area is 142 Å². The Balaban J connectivity index is 1.61. The van der Waals surface area contributed by atoms with Crippen LogP contribution in [-0.2, 0) is 12.8 Å². The molecule has 1 aromatic carbocycles. The van der Waals surface area contributed by atoms with E-state index in [4.69, 9.17) is 0 Å². The maximum absolute atomic E-state index is 12.8. The van der Waals surface area contributed by atoms with Crippen molar-refractivity contribution in [2.75, 3.05) is 0 Å². The molecular weight excluding hydrogens is 300 g/mol. The van der Waals surface area contributed by atoms with Crippen LogP contribution in [0.25, 0.3) is 10.9 Å². The first kappa shape index (κ1) is 15.7. The van der Waals surface area contributed by atoms with Gasteiger partial charge in [0.25, 0.3) is 5.91 Å². The van der Waals surface area contributed by atoms with Crippen molar-refractivity contribution in [1.82, 2.24) is 10.3 Å². The molecule has 1 aromatic heterocycles. The van der Waals surface area contributed by atoms with Crippen LogP contribution < -0.4 is 5.32 Å². The lowest BCUT2D eigenvalue weighted by molar-refractivity contribution is 0.0869. The second-order valence-electron chi connectivity index (χ2n) is 7.64. The second kappa shape index (κ2) is 6.25. The molecule has 4 nitrogen and oxygen atoms in total. The van der Waals surface area contributed by atoms with E-state index in [1.54, 1.807) is 0 Å². The van der Waals surface area contributed by atoms with Gasteiger partial charge >= 0.3 is 0 Å². The van der Waals surface area contributed by atoms with Crippen molar-refractivity contribution in [3.05, 3.63) is 35.0 Å². The molecule has 0 radical (unpaired) electrons. The van der Waals surface area contributed by atoms with E-state index in [2.05, 4.69) is 23.3 Å². The Morgan fingerprint density at radius 2 is 2.00 bits per heavy atom. The standard InChI is InChI=1S/C20H26N2O2/c1-12-5-10-18-17(11-12)15-3-2-4-16(19(15)22-18)20(24)21-13-6-8-14(23)9-7-13/h2-4,12-14,22-23H,5-11H2,1H3,(H,21,24). The third-order valence-electron chi connectivity index (χ3n) is 5.75. The summed E-state index contributed by atoms with van der Waals surface area (Å²) in [6, 6.07) is 6.23. The Kier molecular flexibility index (Phi) is 4.09. The number of H-pyrrole nitrogens is 1. The van der Waals surface area contributed by atoms with Gasteiger partial charge in [-0.1, -0.05) is 19.1 Å². The lowest BCUT2D eigenvalue weighted by Crippen LogP contribution is -2.38. The molecule has 2 aliphatic carbocycles. The third-order valence-corrected chi connectivity index (χ3v) is 5.75. The minimum absolute atomic E-state index is 0.00800. The number of aromatic amines is 1. The summed E-state index contributed by atoms with van der Waals surface area (Å²) in [5.41, 5.74) is 4.45. The average Bonchev–Trinajstić information content (AvgIpc) is 2.95. The number of hydrogen-bond acceptors (Lipinski definition) is 2. The summed E-state index contributed by atoms with van der Waals surface area (Å²) < 4.78 is 0. The number of aryl methyl sites for hydroxylation is 1. The molecule has 1 unspecified atom stereocenters. The molecule has 2 aromatic rings. The van der Waals surface area contributed by atoms with Crippen LogP contribution >= 0.6 is 0 Å². The highest BCUT2D eigenvalue weighted by atomic mass is 16.3. The van der Waals surface area contributed by atoms with Crippen molar-refractivity contribution in [3.63, 3.8) is 0 Å². The predicted molar refractivity (Wildman–Crippen MR) is 95.2 cm³/mol. The lowest BCUT2D eigenvalue weighted by atomic mass is 9.87. The molecule has 1 saturated carbocycles. The molecule has 2 aliphatic rings. The van der Waals surface area contributed by atoms with Gasteiger partial charge in [0.15, 0.2) is 0 Å². The van der Waals surface area contributed by atoms with Gasteiger partial charge in [-0.05, 0) is 62.5 Å². The maximum Gasteiger partial charge on any atom is 0.253 e. The number of hydrogen-bond donors (Lipinski definition) is 3. The number of aliphatic hydroxyl groups excluding tert-OH is 1. The van der Waals surface area contributed by atoms with E-state index < -0.39 is 0 Å². The highest BCUT2D eigenvalue weighted by molar-refractivity contribution is 6.07. The number of aromatic nitrogens is 1. The zero-order valence-corrected chi connectivity index (χ0v) is 14.3. The second-order valence-corrected chi connectivity index (χ2v) is 7.64. The van der Waals surface area contributed by atoms with Crippen molar-refractivity contribution in [3.8, 4) is 0 Å². The fourth-order valence-electron chi connectivity index (χ4n) is 4.29. The van der Waals surface area contributed by atoms with Gasteiger partial charge in [0.2, 0.25) is 0 Å². The van der Waals surface area contributed by atoms with Crippen LogP contribution in [-0.4, -0.2) is 28.1 Å². The minimum atomic E-state index is -0.196. The van der Waals surface area contributed by atoms with E-state index in [9.17, 15) is 9.90 Å². The summed E-state index contributed by atoms with van der Waals surface area (Å²) in [6.07, 6.45) is 6.48. The zero-order chi connectivity index (χ0) is 16.7. The predicted octanol–water partition coefficient (Wildman–Crippen LogP) is 3.33. The number of carbonyl (C=O) groups excluding carboxylic acids is 1. The van der Waals surface area contributed by atoms with Crippen LogP contribution in [0.2, 0.25) is 0 Å². The van der Waals surface area contributed by atoms with Crippen molar-refractivity contribution < 1.29 is 9.90 Å². The van der Waals surface area contributed by atoms with Gasteiger partial charge < -0.3 is 15.4 Å². The Bertz CT molecular complexity index is 756. The van der Waals surface area contributed by atoms with Gasteiger partial charge in [0.1, 0.15) is 0 Å². The highest BCUT2D eigenvalue weighted by Crippen LogP contribution is 2.33. The van der Waals surface area contributed by atoms with Gasteiger partial charge in [-0.2, -0.15) is 0 Å². The summed E-state index contributed by atoms with van der Waals surface area (Å²) in [5, 5.41) is 14.0. The molecule has 128 valence electrons. The zero-order valence-electron chi connectivity index (χ0n) is 14.3. The first-order valence-corrected chi connectivity index (χ1v) is 9.23. The average molecular weight is 326 g/mol. The lowest BCUT2D eigenvalue weighted by Gasteiger charge is -2.26. The molecular formula is C20H26N2O2. The number of rotatable bonds is 2. The molecule has 3 N–H and O–H groups in total. The fraction of sp³-hybridized carbons (Fsp3) is 0.550. The van der Waals surface area contributed by atoms with Crippen LogP contribution in [0.5, 0.6) is 0 Å². The molecule has 4 rings (SSSR count). The Hall–Kier alpha value is -1.81. The molecule has 4 heteroatoms. The van der Waals surface area contributed by atoms with Crippen molar-refractivity contribution >= 4 is 16.8 Å². The molecule has 0 spiro atoms. The van der Waals surface area contributed by atoms with Crippen LogP contribution in [0.3, 0.4) is 0 Å². The quantitative estimate of drug-likeness (QED) is 0.792. The van der Waals surface area contributed by atoms with Gasteiger partial charge in [-0.15, -0.1) is 0 Å². The van der Waals surface area contributed by atoms with E-state index in [1.165, 1.54) is 23.1 Å². The SMILES string of the molecule is CC1CCc2[nH]c3c(C(=O)NC4CCC(O)CC4)cccc3c2C1. The smallest absolute Gasteiger partial charge is 0.253 e. The van der Waals surface area contributed by atoms with Gasteiger partial charge in [-0.3, -0.25) is 4.79 Å². The number of benzene rings is 1. The molecule has 24 heavy (non-hydrogen) atoms. The number of para-hydroxylation sites is 1. The van der Waals surface area contributed by atoms with E-state index in [0.29, 0.717) is 5.92 Å². The number of nitrogens with one attached hydrogen (secondary N) is 2. The van der Waals surface area contributed by atoms with E-state index in [0.717, 1.165) is 49.6 Å². The summed E-state index contributed by atoms with van der Waals surface area (Å²) in [7, 11) is 0. The molecule has 0 bridgehead atoms. The van der Waals surface area contributed by atoms with Crippen LogP contribution in [0.4, 0.5) is 0 Å². The molecule has 1 heterocycles. The monoisotopic (exact) mass is 326 g/mol. The molecule has 1 fully saturated rings. The van der Waals surface area contributed by atoms with Crippen molar-refractivity contribution in [1.29, 1.82) is 0 Å². The normalized spacial score (nSPS) is 27.0. The highest BCUT2D eigenvalue weighted by Gasteiger charge is 2.24. The van der Waals surface area contributed by atoms with Gasteiger partial charge in [0.05, 0.1) is 17.2 Å². The number of aliphatic hydroxyl groups is 1. The first-order valence-electron chi connectivity index (χ1n) is 9.23. The fourth-order valence-corrected chi connectivity index (χ4v) is 4.29. The molecule has 0 saturated heterocycles. The van der Waals surface area contributed by atoms with Gasteiger partial charge in [0, 0.05) is 17.1 Å². The first-order chi connectivity index (χ1) is 11.6. The number of carbonyl (C=O) groups is 1. The summed E-state index contributed by atoms with van der Waals surface area (Å²) in [6.45, 7) is 2.30. The molecule has 0 aliphatic heterocycles. The Morgan fingerprint density at radius 1 is 1.21 bits per heavy atom. The number of fused-ring (bicyclic) bond motifs is 3. The number of amides is 1. The molecule has 1 amide bonds. The van der Waals surface area contributed by atoms with E-state index in [-0.39, 0.29) is 18.1 Å². The van der Waals surface area contributed by atoms with Crippen molar-refractivity contribution in [2.24, 2.45) is 5.92 Å². The summed E-state index contributed by atoms with van der Waals surface area (Å²) in [4.78, 5) is 16.3. The minimum Gasteiger partial charge on any atom is -0.393 e. The third kappa shape index (κ3) is 2.84. The topological polar surface area (TPSA) is 65.1 Å².